The summed E-state index contributed by atoms with van der Waals surface area (Å²) in [6.45, 7) is 5.57. The van der Waals surface area contributed by atoms with Crippen LogP contribution >= 0.6 is 11.6 Å². The molecule has 1 saturated carbocycles. The number of H-pyrrole nitrogens is 1. The number of benzene rings is 1. The molecule has 2 aliphatic heterocycles. The number of rotatable bonds is 2. The standard InChI is InChI=1S/C21H24ClN3O2/c1-12-19(13(2)24-23-12)17-4-3-8-25(17)20(26)16-11-21(16)7-9-27-18-6-5-14(22)10-15(18)21/h5-6,10,16-17H,3-4,7-9,11H2,1-2H3,(H,23,24)/t16-,17?,21-/m0/s1. The predicted molar refractivity (Wildman–Crippen MR) is 103 cm³/mol. The van der Waals surface area contributed by atoms with Crippen molar-refractivity contribution in [1.82, 2.24) is 15.1 Å². The van der Waals surface area contributed by atoms with Crippen LogP contribution in [0.5, 0.6) is 5.75 Å². The Morgan fingerprint density at radius 1 is 1.41 bits per heavy atom. The lowest BCUT2D eigenvalue weighted by atomic mass is 9.87. The van der Waals surface area contributed by atoms with Gasteiger partial charge in [0.25, 0.3) is 0 Å². The van der Waals surface area contributed by atoms with Gasteiger partial charge in [0.1, 0.15) is 5.75 Å². The average molecular weight is 386 g/mol. The Hall–Kier alpha value is -2.01. The number of nitrogens with zero attached hydrogens (tertiary/aromatic N) is 2. The Kier molecular flexibility index (Phi) is 3.80. The molecule has 2 aromatic rings. The highest BCUT2D eigenvalue weighted by Gasteiger charge is 2.62. The van der Waals surface area contributed by atoms with Crippen LogP contribution in [0, 0.1) is 19.8 Å². The Balaban J connectivity index is 1.44. The third-order valence-corrected chi connectivity index (χ3v) is 6.95. The quantitative estimate of drug-likeness (QED) is 0.847. The van der Waals surface area contributed by atoms with Gasteiger partial charge in [0.2, 0.25) is 5.91 Å². The van der Waals surface area contributed by atoms with Crippen LogP contribution in [0.15, 0.2) is 18.2 Å². The molecule has 3 heterocycles. The lowest BCUT2D eigenvalue weighted by molar-refractivity contribution is -0.134. The van der Waals surface area contributed by atoms with Gasteiger partial charge in [-0.2, -0.15) is 5.10 Å². The number of aromatic amines is 1. The summed E-state index contributed by atoms with van der Waals surface area (Å²) in [6, 6.07) is 5.94. The predicted octanol–water partition coefficient (Wildman–Crippen LogP) is 4.08. The molecule has 5 nitrogen and oxygen atoms in total. The molecule has 1 aromatic heterocycles. The number of carbonyl (C=O) groups is 1. The molecule has 1 amide bonds. The van der Waals surface area contributed by atoms with Gasteiger partial charge in [0.15, 0.2) is 0 Å². The Morgan fingerprint density at radius 3 is 3.04 bits per heavy atom. The molecular weight excluding hydrogens is 362 g/mol. The van der Waals surface area contributed by atoms with E-state index in [4.69, 9.17) is 16.3 Å². The fraction of sp³-hybridized carbons (Fsp3) is 0.524. The van der Waals surface area contributed by atoms with Crippen molar-refractivity contribution in [3.05, 3.63) is 45.7 Å². The van der Waals surface area contributed by atoms with Gasteiger partial charge >= 0.3 is 0 Å². The van der Waals surface area contributed by atoms with Crippen LogP contribution < -0.4 is 4.74 Å². The molecule has 6 heteroatoms. The second-order valence-electron chi connectivity index (χ2n) is 8.19. The number of amides is 1. The van der Waals surface area contributed by atoms with Crippen LogP contribution in [0.25, 0.3) is 0 Å². The van der Waals surface area contributed by atoms with Crippen LogP contribution in [0.2, 0.25) is 5.02 Å². The van der Waals surface area contributed by atoms with Crippen LogP contribution in [0.1, 0.15) is 54.2 Å². The summed E-state index contributed by atoms with van der Waals surface area (Å²) in [6.07, 6.45) is 3.85. The number of fused-ring (bicyclic) bond motifs is 2. The van der Waals surface area contributed by atoms with Crippen molar-refractivity contribution in [1.29, 1.82) is 0 Å². The van der Waals surface area contributed by atoms with E-state index in [1.165, 1.54) is 5.56 Å². The minimum atomic E-state index is -0.0941. The van der Waals surface area contributed by atoms with E-state index in [1.54, 1.807) is 0 Å². The topological polar surface area (TPSA) is 58.2 Å². The van der Waals surface area contributed by atoms with Crippen molar-refractivity contribution < 1.29 is 9.53 Å². The molecule has 1 saturated heterocycles. The van der Waals surface area contributed by atoms with Gasteiger partial charge in [-0.1, -0.05) is 11.6 Å². The van der Waals surface area contributed by atoms with Crippen LogP contribution in [0.4, 0.5) is 0 Å². The zero-order valence-corrected chi connectivity index (χ0v) is 16.5. The van der Waals surface area contributed by atoms with E-state index < -0.39 is 0 Å². The SMILES string of the molecule is Cc1n[nH]c(C)c1C1CCCN1C(=O)[C@@H]1C[C@]12CCOc1ccc(Cl)cc12. The normalized spacial score (nSPS) is 28.9. The number of halogens is 1. The minimum Gasteiger partial charge on any atom is -0.493 e. The zero-order valence-electron chi connectivity index (χ0n) is 15.7. The highest BCUT2D eigenvalue weighted by Crippen LogP contribution is 2.62. The molecule has 1 aliphatic carbocycles. The highest BCUT2D eigenvalue weighted by molar-refractivity contribution is 6.30. The molecule has 3 aliphatic rings. The molecule has 2 fully saturated rings. The van der Waals surface area contributed by atoms with Gasteiger partial charge in [-0.15, -0.1) is 0 Å². The van der Waals surface area contributed by atoms with Gasteiger partial charge < -0.3 is 9.64 Å². The first-order chi connectivity index (χ1) is 13.0. The number of nitrogens with one attached hydrogen (secondary N) is 1. The monoisotopic (exact) mass is 385 g/mol. The fourth-order valence-corrected chi connectivity index (χ4v) is 5.45. The van der Waals surface area contributed by atoms with Gasteiger partial charge in [-0.3, -0.25) is 9.89 Å². The van der Waals surface area contributed by atoms with E-state index >= 15 is 0 Å². The first-order valence-corrected chi connectivity index (χ1v) is 10.1. The number of aryl methyl sites for hydroxylation is 2. The molecule has 1 unspecified atom stereocenters. The van der Waals surface area contributed by atoms with Crippen LogP contribution in [-0.2, 0) is 10.2 Å². The number of aromatic nitrogens is 2. The van der Waals surface area contributed by atoms with Crippen molar-refractivity contribution in [2.24, 2.45) is 5.92 Å². The summed E-state index contributed by atoms with van der Waals surface area (Å²) in [5.41, 5.74) is 4.30. The molecule has 1 aromatic carbocycles. The lowest BCUT2D eigenvalue weighted by Crippen LogP contribution is -2.35. The summed E-state index contributed by atoms with van der Waals surface area (Å²) >= 11 is 6.25. The second-order valence-corrected chi connectivity index (χ2v) is 8.63. The molecule has 1 spiro atoms. The number of carbonyl (C=O) groups excluding carboxylic acids is 1. The molecule has 1 N–H and O–H groups in total. The molecule has 5 rings (SSSR count). The average Bonchev–Trinajstić information content (AvgIpc) is 2.98. The van der Waals surface area contributed by atoms with Gasteiger partial charge in [-0.05, 0) is 57.7 Å². The van der Waals surface area contributed by atoms with Crippen molar-refractivity contribution >= 4 is 17.5 Å². The number of likely N-dealkylation sites (tertiary alicyclic amines) is 1. The molecule has 142 valence electrons. The van der Waals surface area contributed by atoms with E-state index in [0.29, 0.717) is 11.6 Å². The lowest BCUT2D eigenvalue weighted by Gasteiger charge is -2.30. The van der Waals surface area contributed by atoms with E-state index in [1.807, 2.05) is 32.0 Å². The second kappa shape index (κ2) is 5.99. The Bertz CT molecular complexity index is 905. The number of ether oxygens (including phenoxy) is 1. The molecule has 3 atom stereocenters. The molecule has 0 radical (unpaired) electrons. The van der Waals surface area contributed by atoms with E-state index in [9.17, 15) is 4.79 Å². The van der Waals surface area contributed by atoms with Crippen molar-refractivity contribution in [2.45, 2.75) is 51.0 Å². The first-order valence-electron chi connectivity index (χ1n) is 9.76. The third kappa shape index (κ3) is 2.51. The molecule has 27 heavy (non-hydrogen) atoms. The summed E-state index contributed by atoms with van der Waals surface area (Å²) in [4.78, 5) is 15.6. The van der Waals surface area contributed by atoms with Crippen molar-refractivity contribution in [2.75, 3.05) is 13.2 Å². The zero-order chi connectivity index (χ0) is 18.8. The van der Waals surface area contributed by atoms with Gasteiger partial charge in [0.05, 0.1) is 18.3 Å². The smallest absolute Gasteiger partial charge is 0.227 e. The Labute approximate surface area is 164 Å². The van der Waals surface area contributed by atoms with E-state index in [0.717, 1.165) is 54.9 Å². The maximum atomic E-state index is 13.5. The van der Waals surface area contributed by atoms with Crippen molar-refractivity contribution in [3.8, 4) is 5.75 Å². The van der Waals surface area contributed by atoms with Crippen LogP contribution in [-0.4, -0.2) is 34.2 Å². The third-order valence-electron chi connectivity index (χ3n) is 6.71. The summed E-state index contributed by atoms with van der Waals surface area (Å²) in [7, 11) is 0. The maximum Gasteiger partial charge on any atom is 0.227 e. The first kappa shape index (κ1) is 17.1. The van der Waals surface area contributed by atoms with E-state index in [2.05, 4.69) is 15.1 Å². The molecular formula is C21H24ClN3O2. The number of hydrogen-bond donors (Lipinski definition) is 1. The van der Waals surface area contributed by atoms with E-state index in [-0.39, 0.29) is 23.3 Å². The van der Waals surface area contributed by atoms with Gasteiger partial charge in [0, 0.05) is 39.7 Å². The molecule has 0 bridgehead atoms. The summed E-state index contributed by atoms with van der Waals surface area (Å²) in [5, 5.41) is 8.13. The summed E-state index contributed by atoms with van der Waals surface area (Å²) < 4.78 is 5.82. The van der Waals surface area contributed by atoms with Crippen LogP contribution in [0.3, 0.4) is 0 Å². The number of hydrogen-bond acceptors (Lipinski definition) is 3. The minimum absolute atomic E-state index is 0.0340. The maximum absolute atomic E-state index is 13.5. The van der Waals surface area contributed by atoms with Gasteiger partial charge in [-0.25, -0.2) is 0 Å². The Morgan fingerprint density at radius 2 is 2.26 bits per heavy atom. The highest BCUT2D eigenvalue weighted by atomic mass is 35.5. The largest absolute Gasteiger partial charge is 0.493 e. The summed E-state index contributed by atoms with van der Waals surface area (Å²) in [5.74, 6) is 1.21. The fourth-order valence-electron chi connectivity index (χ4n) is 5.28. The van der Waals surface area contributed by atoms with Crippen molar-refractivity contribution in [3.63, 3.8) is 0 Å².